The highest BCUT2D eigenvalue weighted by molar-refractivity contribution is 7.89. The van der Waals surface area contributed by atoms with Crippen molar-refractivity contribution in [3.63, 3.8) is 0 Å². The first-order chi connectivity index (χ1) is 9.82. The summed E-state index contributed by atoms with van der Waals surface area (Å²) in [6, 6.07) is 6.51. The van der Waals surface area contributed by atoms with Crippen LogP contribution in [0.25, 0.3) is 0 Å². The van der Waals surface area contributed by atoms with Crippen molar-refractivity contribution in [3.05, 3.63) is 29.8 Å². The Bertz CT molecular complexity index is 585. The Morgan fingerprint density at radius 2 is 1.95 bits per heavy atom. The van der Waals surface area contributed by atoms with Gasteiger partial charge in [-0.3, -0.25) is 4.79 Å². The van der Waals surface area contributed by atoms with Crippen molar-refractivity contribution in [2.24, 2.45) is 5.73 Å². The van der Waals surface area contributed by atoms with E-state index in [4.69, 9.17) is 5.73 Å². The van der Waals surface area contributed by atoms with E-state index in [1.807, 2.05) is 6.92 Å². The van der Waals surface area contributed by atoms with Gasteiger partial charge in [-0.15, -0.1) is 0 Å². The molecule has 0 heterocycles. The summed E-state index contributed by atoms with van der Waals surface area (Å²) in [6.45, 7) is 2.29. The van der Waals surface area contributed by atoms with E-state index in [9.17, 15) is 13.2 Å². The molecule has 0 aliphatic rings. The summed E-state index contributed by atoms with van der Waals surface area (Å²) in [4.78, 5) is 13.4. The molecule has 118 valence electrons. The number of likely N-dealkylation sites (N-methyl/N-ethyl adjacent to an activating group) is 1. The first kappa shape index (κ1) is 17.6. The van der Waals surface area contributed by atoms with Gasteiger partial charge in [-0.1, -0.05) is 19.1 Å². The smallest absolute Gasteiger partial charge is 0.243 e. The fourth-order valence-corrected chi connectivity index (χ4v) is 3.36. The van der Waals surface area contributed by atoms with Gasteiger partial charge in [-0.25, -0.2) is 8.42 Å². The predicted molar refractivity (Wildman–Crippen MR) is 82.1 cm³/mol. The third-order valence-electron chi connectivity index (χ3n) is 3.06. The van der Waals surface area contributed by atoms with E-state index in [2.05, 4.69) is 0 Å². The number of amides is 1. The highest BCUT2D eigenvalue weighted by atomic mass is 32.2. The predicted octanol–water partition coefficient (Wildman–Crippen LogP) is 0.634. The van der Waals surface area contributed by atoms with E-state index in [-0.39, 0.29) is 23.9 Å². The molecule has 0 saturated carbocycles. The molecule has 1 aromatic rings. The van der Waals surface area contributed by atoms with E-state index in [0.717, 1.165) is 5.56 Å². The molecule has 0 unspecified atom stereocenters. The van der Waals surface area contributed by atoms with Crippen molar-refractivity contribution in [2.75, 3.05) is 27.2 Å². The molecule has 0 radical (unpaired) electrons. The number of nitrogens with two attached hydrogens (primary N) is 1. The van der Waals surface area contributed by atoms with Gasteiger partial charge in [-0.2, -0.15) is 4.31 Å². The standard InChI is InChI=1S/C14H23N3O3S/c1-4-8-17(11-14(18)16(2)3)21(19,20)13-7-5-6-12(9-13)10-15/h5-7,9H,4,8,10-11,15H2,1-3H3. The Labute approximate surface area is 126 Å². The molecular formula is C14H23N3O3S. The Kier molecular flexibility index (Phi) is 6.32. The normalized spacial score (nSPS) is 11.7. The first-order valence-electron chi connectivity index (χ1n) is 6.82. The van der Waals surface area contributed by atoms with Crippen molar-refractivity contribution in [2.45, 2.75) is 24.8 Å². The molecule has 7 heteroatoms. The highest BCUT2D eigenvalue weighted by Crippen LogP contribution is 2.17. The zero-order chi connectivity index (χ0) is 16.0. The minimum Gasteiger partial charge on any atom is -0.348 e. The maximum Gasteiger partial charge on any atom is 0.243 e. The van der Waals surface area contributed by atoms with Crippen molar-refractivity contribution < 1.29 is 13.2 Å². The van der Waals surface area contributed by atoms with Crippen LogP contribution < -0.4 is 5.73 Å². The van der Waals surface area contributed by atoms with Crippen LogP contribution in [0.1, 0.15) is 18.9 Å². The number of carbonyl (C=O) groups is 1. The van der Waals surface area contributed by atoms with Crippen LogP contribution in [0.3, 0.4) is 0 Å². The average molecular weight is 313 g/mol. The molecule has 0 atom stereocenters. The Balaban J connectivity index is 3.11. The second kappa shape index (κ2) is 7.53. The number of nitrogens with zero attached hydrogens (tertiary/aromatic N) is 2. The van der Waals surface area contributed by atoms with Crippen molar-refractivity contribution in [1.82, 2.24) is 9.21 Å². The van der Waals surface area contributed by atoms with Crippen LogP contribution in [0.15, 0.2) is 29.2 Å². The molecule has 0 saturated heterocycles. The summed E-state index contributed by atoms with van der Waals surface area (Å²) in [5.74, 6) is -0.248. The van der Waals surface area contributed by atoms with Gasteiger partial charge < -0.3 is 10.6 Å². The third-order valence-corrected chi connectivity index (χ3v) is 4.90. The van der Waals surface area contributed by atoms with Crippen LogP contribution in [-0.2, 0) is 21.4 Å². The highest BCUT2D eigenvalue weighted by Gasteiger charge is 2.26. The lowest BCUT2D eigenvalue weighted by molar-refractivity contribution is -0.128. The van der Waals surface area contributed by atoms with Crippen LogP contribution in [0, 0.1) is 0 Å². The second-order valence-corrected chi connectivity index (χ2v) is 6.92. The maximum atomic E-state index is 12.7. The molecule has 1 amide bonds. The molecule has 0 bridgehead atoms. The molecule has 0 aliphatic heterocycles. The number of hydrogen-bond acceptors (Lipinski definition) is 4. The summed E-state index contributed by atoms with van der Waals surface area (Å²) in [7, 11) is -0.484. The van der Waals surface area contributed by atoms with E-state index in [1.54, 1.807) is 32.3 Å². The summed E-state index contributed by atoms with van der Waals surface area (Å²) < 4.78 is 26.5. The fourth-order valence-electron chi connectivity index (χ4n) is 1.81. The van der Waals surface area contributed by atoms with Gasteiger partial charge in [0.2, 0.25) is 15.9 Å². The number of rotatable bonds is 7. The second-order valence-electron chi connectivity index (χ2n) is 4.98. The van der Waals surface area contributed by atoms with E-state index >= 15 is 0 Å². The zero-order valence-electron chi connectivity index (χ0n) is 12.7. The molecule has 21 heavy (non-hydrogen) atoms. The molecule has 1 rings (SSSR count). The van der Waals surface area contributed by atoms with Crippen molar-refractivity contribution >= 4 is 15.9 Å². The lowest BCUT2D eigenvalue weighted by atomic mass is 10.2. The van der Waals surface area contributed by atoms with Gasteiger partial charge in [0, 0.05) is 27.2 Å². The largest absolute Gasteiger partial charge is 0.348 e. The Hall–Kier alpha value is -1.44. The number of carbonyl (C=O) groups excluding carboxylic acids is 1. The average Bonchev–Trinajstić information content (AvgIpc) is 2.46. The lowest BCUT2D eigenvalue weighted by Crippen LogP contribution is -2.40. The Morgan fingerprint density at radius 1 is 1.29 bits per heavy atom. The molecule has 0 spiro atoms. The Morgan fingerprint density at radius 3 is 2.48 bits per heavy atom. The number of sulfonamides is 1. The maximum absolute atomic E-state index is 12.7. The topological polar surface area (TPSA) is 83.7 Å². The van der Waals surface area contributed by atoms with Gasteiger partial charge in [-0.05, 0) is 24.1 Å². The van der Waals surface area contributed by atoms with Gasteiger partial charge in [0.1, 0.15) is 0 Å². The van der Waals surface area contributed by atoms with Crippen molar-refractivity contribution in [1.29, 1.82) is 0 Å². The molecule has 1 aromatic carbocycles. The summed E-state index contributed by atoms with van der Waals surface area (Å²) in [5.41, 5.74) is 6.29. The van der Waals surface area contributed by atoms with Gasteiger partial charge in [0.15, 0.2) is 0 Å². The van der Waals surface area contributed by atoms with Gasteiger partial charge in [0.25, 0.3) is 0 Å². The van der Waals surface area contributed by atoms with Crippen LogP contribution in [0.4, 0.5) is 0 Å². The summed E-state index contributed by atoms with van der Waals surface area (Å²) >= 11 is 0. The van der Waals surface area contributed by atoms with E-state index in [0.29, 0.717) is 13.0 Å². The van der Waals surface area contributed by atoms with Crippen LogP contribution in [0.5, 0.6) is 0 Å². The minimum atomic E-state index is -3.69. The molecule has 0 aromatic heterocycles. The lowest BCUT2D eigenvalue weighted by Gasteiger charge is -2.23. The molecular weight excluding hydrogens is 290 g/mol. The number of hydrogen-bond donors (Lipinski definition) is 1. The third kappa shape index (κ3) is 4.52. The monoisotopic (exact) mass is 313 g/mol. The van der Waals surface area contributed by atoms with Crippen LogP contribution >= 0.6 is 0 Å². The first-order valence-corrected chi connectivity index (χ1v) is 8.26. The molecule has 6 nitrogen and oxygen atoms in total. The van der Waals surface area contributed by atoms with Gasteiger partial charge in [0.05, 0.1) is 11.4 Å². The summed E-state index contributed by atoms with van der Waals surface area (Å²) in [5, 5.41) is 0. The SMILES string of the molecule is CCCN(CC(=O)N(C)C)S(=O)(=O)c1cccc(CN)c1. The molecule has 2 N–H and O–H groups in total. The molecule has 0 fully saturated rings. The zero-order valence-corrected chi connectivity index (χ0v) is 13.6. The molecule has 0 aliphatic carbocycles. The fraction of sp³-hybridized carbons (Fsp3) is 0.500. The van der Waals surface area contributed by atoms with E-state index < -0.39 is 10.0 Å². The van der Waals surface area contributed by atoms with Crippen LogP contribution in [-0.4, -0.2) is 50.7 Å². The minimum absolute atomic E-state index is 0.157. The number of benzene rings is 1. The van der Waals surface area contributed by atoms with E-state index in [1.165, 1.54) is 15.3 Å². The summed E-state index contributed by atoms with van der Waals surface area (Å²) in [6.07, 6.45) is 0.635. The quantitative estimate of drug-likeness (QED) is 0.800. The van der Waals surface area contributed by atoms with Crippen LogP contribution in [0.2, 0.25) is 0 Å². The van der Waals surface area contributed by atoms with Crippen molar-refractivity contribution in [3.8, 4) is 0 Å². The van der Waals surface area contributed by atoms with Gasteiger partial charge >= 0.3 is 0 Å².